The van der Waals surface area contributed by atoms with Crippen LogP contribution < -0.4 is 5.32 Å². The van der Waals surface area contributed by atoms with Gasteiger partial charge in [-0.05, 0) is 31.4 Å². The molecular weight excluding hydrogens is 258 g/mol. The number of nitro benzene ring substituents is 1. The Bertz CT molecular complexity index is 487. The van der Waals surface area contributed by atoms with Gasteiger partial charge >= 0.3 is 0 Å². The van der Waals surface area contributed by atoms with E-state index in [2.05, 4.69) is 10.2 Å². The summed E-state index contributed by atoms with van der Waals surface area (Å²) in [5.41, 5.74) is 1.61. The molecule has 0 amide bonds. The zero-order valence-corrected chi connectivity index (χ0v) is 11.9. The summed E-state index contributed by atoms with van der Waals surface area (Å²) < 4.78 is 0. The molecule has 0 bridgehead atoms. The van der Waals surface area contributed by atoms with Gasteiger partial charge in [-0.25, -0.2) is 0 Å². The van der Waals surface area contributed by atoms with E-state index in [1.807, 2.05) is 13.1 Å². The van der Waals surface area contributed by atoms with E-state index in [4.69, 9.17) is 0 Å². The molecule has 0 radical (unpaired) electrons. The van der Waals surface area contributed by atoms with E-state index < -0.39 is 0 Å². The fourth-order valence-electron chi connectivity index (χ4n) is 2.80. The molecule has 20 heavy (non-hydrogen) atoms. The topological polar surface area (TPSA) is 78.6 Å². The quantitative estimate of drug-likeness (QED) is 0.613. The lowest BCUT2D eigenvalue weighted by Gasteiger charge is -2.34. The number of nitrogens with zero attached hydrogens (tertiary/aromatic N) is 2. The molecule has 6 nitrogen and oxygen atoms in total. The molecule has 2 N–H and O–H groups in total. The maximum absolute atomic E-state index is 11.0. The Labute approximate surface area is 118 Å². The number of benzene rings is 1. The molecule has 2 rings (SSSR count). The summed E-state index contributed by atoms with van der Waals surface area (Å²) in [6.07, 6.45) is 1.58. The number of para-hydroxylation sites is 1. The molecule has 1 fully saturated rings. The molecule has 1 aliphatic carbocycles. The third-order valence-corrected chi connectivity index (χ3v) is 3.80. The van der Waals surface area contributed by atoms with Gasteiger partial charge in [0.05, 0.1) is 11.0 Å². The zero-order chi connectivity index (χ0) is 14.7. The van der Waals surface area contributed by atoms with E-state index in [1.54, 1.807) is 13.1 Å². The third kappa shape index (κ3) is 3.26. The Kier molecular flexibility index (Phi) is 4.57. The van der Waals surface area contributed by atoms with Crippen LogP contribution in [-0.2, 0) is 6.54 Å². The first-order chi connectivity index (χ1) is 9.51. The predicted molar refractivity (Wildman–Crippen MR) is 77.7 cm³/mol. The van der Waals surface area contributed by atoms with Crippen molar-refractivity contribution in [2.45, 2.75) is 25.5 Å². The van der Waals surface area contributed by atoms with Gasteiger partial charge in [0.1, 0.15) is 5.69 Å². The number of rotatable bonds is 6. The van der Waals surface area contributed by atoms with E-state index in [0.717, 1.165) is 24.9 Å². The van der Waals surface area contributed by atoms with Crippen LogP contribution in [-0.4, -0.2) is 41.7 Å². The molecule has 1 aromatic carbocycles. The maximum Gasteiger partial charge on any atom is 0.292 e. The van der Waals surface area contributed by atoms with Crippen LogP contribution in [0.3, 0.4) is 0 Å². The van der Waals surface area contributed by atoms with Crippen molar-refractivity contribution in [2.75, 3.05) is 26.0 Å². The highest BCUT2D eigenvalue weighted by atomic mass is 16.6. The molecule has 0 atom stereocenters. The monoisotopic (exact) mass is 279 g/mol. The van der Waals surface area contributed by atoms with Crippen LogP contribution in [0.4, 0.5) is 11.4 Å². The molecule has 0 spiro atoms. The summed E-state index contributed by atoms with van der Waals surface area (Å²) in [6, 6.07) is 5.14. The summed E-state index contributed by atoms with van der Waals surface area (Å²) in [5.74, 6) is 0.534. The average molecular weight is 279 g/mol. The second kappa shape index (κ2) is 6.19. The predicted octanol–water partition coefficient (Wildman–Crippen LogP) is 1.84. The number of hydrogen-bond donors (Lipinski definition) is 2. The van der Waals surface area contributed by atoms with Crippen molar-refractivity contribution in [1.82, 2.24) is 4.90 Å². The maximum atomic E-state index is 11.0. The summed E-state index contributed by atoms with van der Waals surface area (Å²) in [7, 11) is 3.71. The lowest BCUT2D eigenvalue weighted by molar-refractivity contribution is -0.384. The summed E-state index contributed by atoms with van der Waals surface area (Å²) >= 11 is 0. The second-order valence-electron chi connectivity index (χ2n) is 5.51. The number of anilines is 1. The van der Waals surface area contributed by atoms with Gasteiger partial charge in [-0.1, -0.05) is 12.1 Å². The molecule has 6 heteroatoms. The number of nitrogens with one attached hydrogen (secondary N) is 1. The zero-order valence-electron chi connectivity index (χ0n) is 11.9. The molecule has 110 valence electrons. The molecule has 0 unspecified atom stereocenters. The smallest absolute Gasteiger partial charge is 0.292 e. The molecule has 0 aliphatic heterocycles. The van der Waals surface area contributed by atoms with Crippen molar-refractivity contribution < 1.29 is 10.0 Å². The van der Waals surface area contributed by atoms with E-state index >= 15 is 0 Å². The van der Waals surface area contributed by atoms with Crippen molar-refractivity contribution >= 4 is 11.4 Å². The fourth-order valence-corrected chi connectivity index (χ4v) is 2.80. The third-order valence-electron chi connectivity index (χ3n) is 3.80. The van der Waals surface area contributed by atoms with Crippen molar-refractivity contribution in [3.05, 3.63) is 33.9 Å². The number of aliphatic hydroxyl groups is 1. The van der Waals surface area contributed by atoms with Crippen LogP contribution in [0.25, 0.3) is 0 Å². The van der Waals surface area contributed by atoms with Crippen LogP contribution in [0.15, 0.2) is 18.2 Å². The van der Waals surface area contributed by atoms with E-state index in [9.17, 15) is 15.2 Å². The fraction of sp³-hybridized carbons (Fsp3) is 0.571. The second-order valence-corrected chi connectivity index (χ2v) is 5.51. The van der Waals surface area contributed by atoms with Crippen molar-refractivity contribution in [3.8, 4) is 0 Å². The molecular formula is C14H21N3O3. The molecule has 0 heterocycles. The van der Waals surface area contributed by atoms with Crippen molar-refractivity contribution in [1.29, 1.82) is 0 Å². The van der Waals surface area contributed by atoms with E-state index in [-0.39, 0.29) is 16.7 Å². The standard InChI is InChI=1S/C14H21N3O3/c1-15-14-11(4-3-5-13(14)17(19)20)9-16(2)8-10-6-12(18)7-10/h3-5,10,12,15,18H,6-9H2,1-2H3. The van der Waals surface area contributed by atoms with Gasteiger partial charge in [-0.3, -0.25) is 10.1 Å². The van der Waals surface area contributed by atoms with Crippen molar-refractivity contribution in [2.24, 2.45) is 5.92 Å². The summed E-state index contributed by atoms with van der Waals surface area (Å²) in [6.45, 7) is 1.56. The minimum absolute atomic E-state index is 0.109. The highest BCUT2D eigenvalue weighted by molar-refractivity contribution is 5.66. The van der Waals surface area contributed by atoms with Gasteiger partial charge < -0.3 is 15.3 Å². The first-order valence-corrected chi connectivity index (χ1v) is 6.82. The lowest BCUT2D eigenvalue weighted by atomic mass is 9.82. The van der Waals surface area contributed by atoms with Gasteiger partial charge in [0.15, 0.2) is 0 Å². The molecule has 0 saturated heterocycles. The largest absolute Gasteiger partial charge is 0.393 e. The van der Waals surface area contributed by atoms with Gasteiger partial charge in [0, 0.05) is 26.2 Å². The summed E-state index contributed by atoms with van der Waals surface area (Å²) in [4.78, 5) is 12.8. The van der Waals surface area contributed by atoms with Crippen LogP contribution in [0.5, 0.6) is 0 Å². The summed E-state index contributed by atoms with van der Waals surface area (Å²) in [5, 5.41) is 23.2. The highest BCUT2D eigenvalue weighted by Crippen LogP contribution is 2.30. The average Bonchev–Trinajstić information content (AvgIpc) is 2.36. The van der Waals surface area contributed by atoms with Gasteiger partial charge in [-0.15, -0.1) is 0 Å². The van der Waals surface area contributed by atoms with Crippen LogP contribution in [0.2, 0.25) is 0 Å². The van der Waals surface area contributed by atoms with Crippen LogP contribution in [0, 0.1) is 16.0 Å². The Morgan fingerprint density at radius 3 is 2.75 bits per heavy atom. The lowest BCUT2D eigenvalue weighted by Crippen LogP contribution is -2.36. The molecule has 1 aromatic rings. The minimum Gasteiger partial charge on any atom is -0.393 e. The molecule has 1 saturated carbocycles. The first-order valence-electron chi connectivity index (χ1n) is 6.82. The van der Waals surface area contributed by atoms with Crippen LogP contribution in [0.1, 0.15) is 18.4 Å². The Morgan fingerprint density at radius 1 is 1.50 bits per heavy atom. The van der Waals surface area contributed by atoms with Gasteiger partial charge in [0.2, 0.25) is 0 Å². The Hall–Kier alpha value is -1.66. The molecule has 0 aromatic heterocycles. The van der Waals surface area contributed by atoms with E-state index in [1.165, 1.54) is 6.07 Å². The van der Waals surface area contributed by atoms with Crippen molar-refractivity contribution in [3.63, 3.8) is 0 Å². The first kappa shape index (κ1) is 14.7. The van der Waals surface area contributed by atoms with Gasteiger partial charge in [-0.2, -0.15) is 0 Å². The Morgan fingerprint density at radius 2 is 2.20 bits per heavy atom. The highest BCUT2D eigenvalue weighted by Gasteiger charge is 2.28. The van der Waals surface area contributed by atoms with Gasteiger partial charge in [0.25, 0.3) is 5.69 Å². The minimum atomic E-state index is -0.363. The normalized spacial score (nSPS) is 21.6. The van der Waals surface area contributed by atoms with Crippen LogP contribution >= 0.6 is 0 Å². The SMILES string of the molecule is CNc1c(CN(C)CC2CC(O)C2)cccc1[N+](=O)[O-]. The number of nitro groups is 1. The Balaban J connectivity index is 2.04. The van der Waals surface area contributed by atoms with E-state index in [0.29, 0.717) is 18.2 Å². The number of hydrogen-bond acceptors (Lipinski definition) is 5. The number of aliphatic hydroxyl groups excluding tert-OH is 1. The molecule has 1 aliphatic rings.